The molecule has 0 aromatic rings. The Morgan fingerprint density at radius 3 is 2.39 bits per heavy atom. The third kappa shape index (κ3) is 2.95. The molecule has 3 nitrogen and oxygen atoms in total. The maximum atomic E-state index is 12.1. The lowest BCUT2D eigenvalue weighted by Gasteiger charge is -2.43. The van der Waals surface area contributed by atoms with Gasteiger partial charge in [0, 0.05) is 12.3 Å². The Labute approximate surface area is 110 Å². The minimum absolute atomic E-state index is 0.250. The van der Waals surface area contributed by atoms with Gasteiger partial charge in [-0.2, -0.15) is 0 Å². The first kappa shape index (κ1) is 14.8. The zero-order chi connectivity index (χ0) is 14.0. The van der Waals surface area contributed by atoms with Crippen LogP contribution in [0.4, 0.5) is 0 Å². The Bertz CT molecular complexity index is 374. The zero-order valence-electron chi connectivity index (χ0n) is 12.1. The number of carbonyl (C=O) groups is 1. The molecule has 0 saturated heterocycles. The van der Waals surface area contributed by atoms with E-state index in [9.17, 15) is 4.79 Å². The maximum absolute atomic E-state index is 12.1. The standard InChI is InChI=1S/C15H24O3/c1-7-8-9-10-12-11(2)17-15(6,14(3,4)5)18-13(12)16/h7H,1,8-10H2,2-6H3. The van der Waals surface area contributed by atoms with Gasteiger partial charge in [-0.05, 0) is 26.2 Å². The quantitative estimate of drug-likeness (QED) is 0.431. The molecule has 0 aromatic carbocycles. The normalized spacial score (nSPS) is 24.6. The molecule has 102 valence electrons. The molecule has 0 aliphatic carbocycles. The summed E-state index contributed by atoms with van der Waals surface area (Å²) < 4.78 is 11.4. The molecule has 1 unspecified atom stereocenters. The first-order valence-corrected chi connectivity index (χ1v) is 6.44. The maximum Gasteiger partial charge on any atom is 0.340 e. The summed E-state index contributed by atoms with van der Waals surface area (Å²) in [5.41, 5.74) is 0.384. The van der Waals surface area contributed by atoms with Crippen LogP contribution >= 0.6 is 0 Å². The second-order valence-electron chi connectivity index (χ2n) is 5.90. The smallest absolute Gasteiger partial charge is 0.340 e. The molecule has 0 fully saturated rings. The van der Waals surface area contributed by atoms with E-state index in [2.05, 4.69) is 6.58 Å². The highest BCUT2D eigenvalue weighted by Crippen LogP contribution is 2.40. The fraction of sp³-hybridized carbons (Fsp3) is 0.667. The number of cyclic esters (lactones) is 1. The highest BCUT2D eigenvalue weighted by molar-refractivity contribution is 5.89. The number of allylic oxidation sites excluding steroid dienone is 2. The number of hydrogen-bond acceptors (Lipinski definition) is 3. The summed E-state index contributed by atoms with van der Waals surface area (Å²) in [6.45, 7) is 13.3. The van der Waals surface area contributed by atoms with Crippen molar-refractivity contribution in [3.8, 4) is 0 Å². The predicted molar refractivity (Wildman–Crippen MR) is 71.8 cm³/mol. The van der Waals surface area contributed by atoms with E-state index in [0.717, 1.165) is 12.8 Å². The highest BCUT2D eigenvalue weighted by Gasteiger charge is 2.47. The van der Waals surface area contributed by atoms with E-state index in [0.29, 0.717) is 17.8 Å². The van der Waals surface area contributed by atoms with E-state index >= 15 is 0 Å². The molecule has 0 spiro atoms. The molecule has 0 radical (unpaired) electrons. The van der Waals surface area contributed by atoms with E-state index in [1.165, 1.54) is 0 Å². The van der Waals surface area contributed by atoms with Crippen molar-refractivity contribution in [2.75, 3.05) is 0 Å². The molecule has 1 atom stereocenters. The van der Waals surface area contributed by atoms with Crippen LogP contribution in [0.1, 0.15) is 53.9 Å². The van der Waals surface area contributed by atoms with Crippen molar-refractivity contribution in [2.45, 2.75) is 59.7 Å². The van der Waals surface area contributed by atoms with Crippen LogP contribution in [0.3, 0.4) is 0 Å². The van der Waals surface area contributed by atoms with Crippen LogP contribution in [0.2, 0.25) is 0 Å². The zero-order valence-corrected chi connectivity index (χ0v) is 12.1. The third-order valence-corrected chi connectivity index (χ3v) is 3.50. The number of rotatable bonds is 4. The molecule has 1 aliphatic heterocycles. The van der Waals surface area contributed by atoms with Crippen molar-refractivity contribution in [1.82, 2.24) is 0 Å². The summed E-state index contributed by atoms with van der Waals surface area (Å²) >= 11 is 0. The topological polar surface area (TPSA) is 35.5 Å². The Kier molecular flexibility index (Phi) is 4.25. The molecular weight excluding hydrogens is 228 g/mol. The van der Waals surface area contributed by atoms with Crippen LogP contribution in [0.5, 0.6) is 0 Å². The number of hydrogen-bond donors (Lipinski definition) is 0. The van der Waals surface area contributed by atoms with Gasteiger partial charge < -0.3 is 9.47 Å². The van der Waals surface area contributed by atoms with Crippen LogP contribution in [0.25, 0.3) is 0 Å². The molecule has 1 rings (SSSR count). The van der Waals surface area contributed by atoms with Crippen LogP contribution < -0.4 is 0 Å². The van der Waals surface area contributed by atoms with Gasteiger partial charge in [0.1, 0.15) is 5.76 Å². The Hall–Kier alpha value is -1.25. The summed E-state index contributed by atoms with van der Waals surface area (Å²) in [5.74, 6) is -0.455. The molecule has 0 aromatic heterocycles. The molecular formula is C15H24O3. The molecule has 3 heteroatoms. The minimum atomic E-state index is -0.893. The Morgan fingerprint density at radius 1 is 1.33 bits per heavy atom. The summed E-state index contributed by atoms with van der Waals surface area (Å²) in [6.07, 6.45) is 4.31. The van der Waals surface area contributed by atoms with Gasteiger partial charge in [-0.25, -0.2) is 4.79 Å². The van der Waals surface area contributed by atoms with Crippen molar-refractivity contribution in [1.29, 1.82) is 0 Å². The Balaban J connectivity index is 2.88. The van der Waals surface area contributed by atoms with E-state index in [4.69, 9.17) is 9.47 Å². The summed E-state index contributed by atoms with van der Waals surface area (Å²) in [6, 6.07) is 0. The first-order chi connectivity index (χ1) is 8.21. The lowest BCUT2D eigenvalue weighted by atomic mass is 9.85. The van der Waals surface area contributed by atoms with E-state index in [-0.39, 0.29) is 11.4 Å². The number of esters is 1. The van der Waals surface area contributed by atoms with Crippen molar-refractivity contribution < 1.29 is 14.3 Å². The van der Waals surface area contributed by atoms with Crippen LogP contribution in [0.15, 0.2) is 24.0 Å². The fourth-order valence-corrected chi connectivity index (χ4v) is 1.76. The van der Waals surface area contributed by atoms with E-state index in [1.807, 2.05) is 40.7 Å². The molecule has 0 amide bonds. The van der Waals surface area contributed by atoms with Crippen molar-refractivity contribution >= 4 is 5.97 Å². The van der Waals surface area contributed by atoms with Gasteiger partial charge in [0.15, 0.2) is 0 Å². The minimum Gasteiger partial charge on any atom is -0.456 e. The van der Waals surface area contributed by atoms with Gasteiger partial charge in [0.05, 0.1) is 5.57 Å². The molecule has 0 saturated carbocycles. The summed E-state index contributed by atoms with van der Waals surface area (Å²) in [4.78, 5) is 12.1. The molecule has 0 N–H and O–H groups in total. The van der Waals surface area contributed by atoms with Gasteiger partial charge in [0.25, 0.3) is 5.79 Å². The third-order valence-electron chi connectivity index (χ3n) is 3.50. The number of unbranched alkanes of at least 4 members (excludes halogenated alkanes) is 1. The van der Waals surface area contributed by atoms with Crippen LogP contribution in [0, 0.1) is 5.41 Å². The number of ether oxygens (including phenoxy) is 2. The lowest BCUT2D eigenvalue weighted by Crippen LogP contribution is -2.49. The van der Waals surface area contributed by atoms with E-state index in [1.54, 1.807) is 0 Å². The van der Waals surface area contributed by atoms with Crippen molar-refractivity contribution in [3.63, 3.8) is 0 Å². The van der Waals surface area contributed by atoms with Gasteiger partial charge in [-0.15, -0.1) is 6.58 Å². The first-order valence-electron chi connectivity index (χ1n) is 6.44. The van der Waals surface area contributed by atoms with Gasteiger partial charge >= 0.3 is 5.97 Å². The predicted octanol–water partition coefficient (Wildman–Crippen LogP) is 3.95. The van der Waals surface area contributed by atoms with Crippen molar-refractivity contribution in [3.05, 3.63) is 24.0 Å². The molecule has 1 aliphatic rings. The highest BCUT2D eigenvalue weighted by atomic mass is 16.7. The summed E-state index contributed by atoms with van der Waals surface area (Å²) in [5, 5.41) is 0. The average molecular weight is 252 g/mol. The second kappa shape index (κ2) is 5.17. The molecule has 0 bridgehead atoms. The second-order valence-corrected chi connectivity index (χ2v) is 5.90. The van der Waals surface area contributed by atoms with Gasteiger partial charge in [0.2, 0.25) is 0 Å². The van der Waals surface area contributed by atoms with Gasteiger partial charge in [-0.3, -0.25) is 0 Å². The van der Waals surface area contributed by atoms with Gasteiger partial charge in [-0.1, -0.05) is 26.8 Å². The molecule has 1 heterocycles. The van der Waals surface area contributed by atoms with Crippen LogP contribution in [-0.2, 0) is 14.3 Å². The fourth-order valence-electron chi connectivity index (χ4n) is 1.76. The lowest BCUT2D eigenvalue weighted by molar-refractivity contribution is -0.255. The average Bonchev–Trinajstić information content (AvgIpc) is 2.20. The van der Waals surface area contributed by atoms with Crippen LogP contribution in [-0.4, -0.2) is 11.8 Å². The summed E-state index contributed by atoms with van der Waals surface area (Å²) in [7, 11) is 0. The SMILES string of the molecule is C=CCCCC1=C(C)OC(C)(C(C)(C)C)OC1=O. The van der Waals surface area contributed by atoms with E-state index < -0.39 is 5.79 Å². The van der Waals surface area contributed by atoms with Crippen molar-refractivity contribution in [2.24, 2.45) is 5.41 Å². The Morgan fingerprint density at radius 2 is 1.94 bits per heavy atom. The molecule has 18 heavy (non-hydrogen) atoms. The number of carbonyl (C=O) groups excluding carboxylic acids is 1. The largest absolute Gasteiger partial charge is 0.456 e. The monoisotopic (exact) mass is 252 g/mol.